The van der Waals surface area contributed by atoms with Gasteiger partial charge in [0, 0.05) is 20.1 Å². The van der Waals surface area contributed by atoms with Gasteiger partial charge in [0.25, 0.3) is 0 Å². The normalized spacial score (nSPS) is 18.5. The lowest BCUT2D eigenvalue weighted by atomic mass is 10.1. The molecule has 0 radical (unpaired) electrons. The number of aryl methyl sites for hydroxylation is 1. The number of rotatable bonds is 3. The first kappa shape index (κ1) is 14.5. The van der Waals surface area contributed by atoms with Gasteiger partial charge in [0.05, 0.1) is 5.69 Å². The summed E-state index contributed by atoms with van der Waals surface area (Å²) in [7, 11) is 1.67. The Labute approximate surface area is 118 Å². The van der Waals surface area contributed by atoms with Crippen molar-refractivity contribution in [1.82, 2.24) is 4.90 Å². The van der Waals surface area contributed by atoms with Crippen LogP contribution in [0.4, 0.5) is 10.1 Å². The number of anilines is 1. The van der Waals surface area contributed by atoms with Gasteiger partial charge in [0.15, 0.2) is 0 Å². The van der Waals surface area contributed by atoms with Crippen LogP contribution in [-0.4, -0.2) is 36.9 Å². The van der Waals surface area contributed by atoms with Gasteiger partial charge in [-0.2, -0.15) is 0 Å². The molecule has 1 saturated heterocycles. The Hall–Kier alpha value is -1.91. The quantitative estimate of drug-likeness (QED) is 0.793. The summed E-state index contributed by atoms with van der Waals surface area (Å²) >= 11 is 0. The Morgan fingerprint density at radius 1 is 1.50 bits per heavy atom. The maximum absolute atomic E-state index is 13.9. The SMILES string of the molecule is CCN(C)C(=O)C1CCN(c2cc(C)ccc2F)C1=O. The minimum atomic E-state index is -0.681. The lowest BCUT2D eigenvalue weighted by molar-refractivity contribution is -0.138. The van der Waals surface area contributed by atoms with Crippen LogP contribution < -0.4 is 4.90 Å². The maximum atomic E-state index is 13.9. The highest BCUT2D eigenvalue weighted by atomic mass is 19.1. The molecule has 1 fully saturated rings. The van der Waals surface area contributed by atoms with E-state index in [9.17, 15) is 14.0 Å². The number of carbonyl (C=O) groups excluding carboxylic acids is 2. The van der Waals surface area contributed by atoms with Crippen molar-refractivity contribution in [2.45, 2.75) is 20.3 Å². The average molecular weight is 278 g/mol. The molecule has 1 atom stereocenters. The zero-order chi connectivity index (χ0) is 14.9. The summed E-state index contributed by atoms with van der Waals surface area (Å²) in [5, 5.41) is 0. The predicted octanol–water partition coefficient (Wildman–Crippen LogP) is 1.97. The van der Waals surface area contributed by atoms with Gasteiger partial charge >= 0.3 is 0 Å². The molecule has 2 rings (SSSR count). The number of amides is 2. The van der Waals surface area contributed by atoms with E-state index in [2.05, 4.69) is 0 Å². The summed E-state index contributed by atoms with van der Waals surface area (Å²) in [6, 6.07) is 4.65. The van der Waals surface area contributed by atoms with Crippen LogP contribution in [0.3, 0.4) is 0 Å². The van der Waals surface area contributed by atoms with E-state index in [1.165, 1.54) is 15.9 Å². The van der Waals surface area contributed by atoms with E-state index in [-0.39, 0.29) is 17.5 Å². The first-order valence-corrected chi connectivity index (χ1v) is 6.78. The van der Waals surface area contributed by atoms with Gasteiger partial charge < -0.3 is 9.80 Å². The molecule has 20 heavy (non-hydrogen) atoms. The third-order valence-corrected chi connectivity index (χ3v) is 3.75. The van der Waals surface area contributed by atoms with Gasteiger partial charge in [-0.25, -0.2) is 4.39 Å². The Bertz CT molecular complexity index is 545. The van der Waals surface area contributed by atoms with E-state index >= 15 is 0 Å². The second-order valence-electron chi connectivity index (χ2n) is 5.14. The van der Waals surface area contributed by atoms with E-state index in [0.717, 1.165) is 5.56 Å². The van der Waals surface area contributed by atoms with Crippen LogP contribution in [0, 0.1) is 18.7 Å². The van der Waals surface area contributed by atoms with Crippen molar-refractivity contribution >= 4 is 17.5 Å². The van der Waals surface area contributed by atoms with Crippen LogP contribution in [0.1, 0.15) is 18.9 Å². The molecule has 1 aromatic carbocycles. The van der Waals surface area contributed by atoms with Gasteiger partial charge in [-0.05, 0) is 38.0 Å². The lowest BCUT2D eigenvalue weighted by Gasteiger charge is -2.20. The average Bonchev–Trinajstić information content (AvgIpc) is 2.81. The largest absolute Gasteiger partial charge is 0.345 e. The fraction of sp³-hybridized carbons (Fsp3) is 0.467. The van der Waals surface area contributed by atoms with E-state index in [0.29, 0.717) is 19.5 Å². The molecule has 5 heteroatoms. The predicted molar refractivity (Wildman–Crippen MR) is 74.9 cm³/mol. The summed E-state index contributed by atoms with van der Waals surface area (Å²) < 4.78 is 13.9. The third-order valence-electron chi connectivity index (χ3n) is 3.75. The first-order valence-electron chi connectivity index (χ1n) is 6.78. The highest BCUT2D eigenvalue weighted by molar-refractivity contribution is 6.09. The summed E-state index contributed by atoms with van der Waals surface area (Å²) in [6.45, 7) is 4.64. The summed E-state index contributed by atoms with van der Waals surface area (Å²) in [6.07, 6.45) is 0.440. The lowest BCUT2D eigenvalue weighted by Crippen LogP contribution is -2.38. The Kier molecular flexibility index (Phi) is 4.06. The Morgan fingerprint density at radius 3 is 2.85 bits per heavy atom. The standard InChI is InChI=1S/C15H19FN2O2/c1-4-17(3)14(19)11-7-8-18(15(11)20)13-9-10(2)5-6-12(13)16/h5-6,9,11H,4,7-8H2,1-3H3. The zero-order valence-corrected chi connectivity index (χ0v) is 12.0. The highest BCUT2D eigenvalue weighted by Gasteiger charge is 2.39. The summed E-state index contributed by atoms with van der Waals surface area (Å²) in [4.78, 5) is 27.4. The molecule has 4 nitrogen and oxygen atoms in total. The van der Waals surface area contributed by atoms with Crippen molar-refractivity contribution in [3.63, 3.8) is 0 Å². The zero-order valence-electron chi connectivity index (χ0n) is 12.0. The number of nitrogens with zero attached hydrogens (tertiary/aromatic N) is 2. The molecule has 1 aliphatic heterocycles. The van der Waals surface area contributed by atoms with Gasteiger partial charge in [-0.3, -0.25) is 9.59 Å². The maximum Gasteiger partial charge on any atom is 0.239 e. The van der Waals surface area contributed by atoms with Gasteiger partial charge in [0.1, 0.15) is 11.7 Å². The van der Waals surface area contributed by atoms with Crippen molar-refractivity contribution < 1.29 is 14.0 Å². The van der Waals surface area contributed by atoms with Crippen molar-refractivity contribution in [3.8, 4) is 0 Å². The van der Waals surface area contributed by atoms with Crippen LogP contribution in [0.2, 0.25) is 0 Å². The summed E-state index contributed by atoms with van der Waals surface area (Å²) in [5.41, 5.74) is 1.15. The molecule has 0 aromatic heterocycles. The van der Waals surface area contributed by atoms with Gasteiger partial charge in [-0.15, -0.1) is 0 Å². The molecule has 0 N–H and O–H groups in total. The highest BCUT2D eigenvalue weighted by Crippen LogP contribution is 2.29. The minimum Gasteiger partial charge on any atom is -0.345 e. The second kappa shape index (κ2) is 5.61. The fourth-order valence-corrected chi connectivity index (χ4v) is 2.40. The smallest absolute Gasteiger partial charge is 0.239 e. The monoisotopic (exact) mass is 278 g/mol. The summed E-state index contributed by atoms with van der Waals surface area (Å²) in [5.74, 6) is -1.60. The molecule has 1 aromatic rings. The topological polar surface area (TPSA) is 40.6 Å². The third kappa shape index (κ3) is 2.53. The number of carbonyl (C=O) groups is 2. The first-order chi connectivity index (χ1) is 9.45. The van der Waals surface area contributed by atoms with Crippen molar-refractivity contribution in [1.29, 1.82) is 0 Å². The molecule has 2 amide bonds. The van der Waals surface area contributed by atoms with Crippen LogP contribution >= 0.6 is 0 Å². The van der Waals surface area contributed by atoms with Crippen LogP contribution in [0.25, 0.3) is 0 Å². The molecule has 108 valence electrons. The van der Waals surface area contributed by atoms with E-state index in [1.807, 2.05) is 13.8 Å². The molecule has 0 aliphatic carbocycles. The van der Waals surface area contributed by atoms with Crippen molar-refractivity contribution in [2.75, 3.05) is 25.0 Å². The van der Waals surface area contributed by atoms with E-state index < -0.39 is 11.7 Å². The van der Waals surface area contributed by atoms with Crippen LogP contribution in [0.5, 0.6) is 0 Å². The molecule has 1 heterocycles. The Balaban J connectivity index is 2.23. The number of benzene rings is 1. The molecular formula is C15H19FN2O2. The molecule has 1 aliphatic rings. The fourth-order valence-electron chi connectivity index (χ4n) is 2.40. The van der Waals surface area contributed by atoms with Gasteiger partial charge in [0.2, 0.25) is 11.8 Å². The molecule has 0 spiro atoms. The number of hydrogen-bond donors (Lipinski definition) is 0. The molecule has 1 unspecified atom stereocenters. The van der Waals surface area contributed by atoms with E-state index in [1.54, 1.807) is 19.2 Å². The van der Waals surface area contributed by atoms with E-state index in [4.69, 9.17) is 0 Å². The molecule has 0 bridgehead atoms. The van der Waals surface area contributed by atoms with Gasteiger partial charge in [-0.1, -0.05) is 6.07 Å². The molecular weight excluding hydrogens is 259 g/mol. The van der Waals surface area contributed by atoms with Crippen molar-refractivity contribution in [2.24, 2.45) is 5.92 Å². The van der Waals surface area contributed by atoms with Crippen LogP contribution in [0.15, 0.2) is 18.2 Å². The number of halogens is 1. The van der Waals surface area contributed by atoms with Crippen molar-refractivity contribution in [3.05, 3.63) is 29.6 Å². The molecule has 0 saturated carbocycles. The Morgan fingerprint density at radius 2 is 2.20 bits per heavy atom. The minimum absolute atomic E-state index is 0.187. The number of hydrogen-bond acceptors (Lipinski definition) is 2. The second-order valence-corrected chi connectivity index (χ2v) is 5.14. The van der Waals surface area contributed by atoms with Crippen LogP contribution in [-0.2, 0) is 9.59 Å².